The lowest BCUT2D eigenvalue weighted by Gasteiger charge is -2.34. The summed E-state index contributed by atoms with van der Waals surface area (Å²) in [7, 11) is 0. The molecule has 3 amide bonds. The summed E-state index contributed by atoms with van der Waals surface area (Å²) in [5.41, 5.74) is 1.02. The Hall–Kier alpha value is -3.79. The zero-order valence-electron chi connectivity index (χ0n) is 18.8. The highest BCUT2D eigenvalue weighted by Gasteiger charge is 2.35. The number of hydrogen-bond acceptors (Lipinski definition) is 6. The van der Waals surface area contributed by atoms with Crippen LogP contribution in [-0.4, -0.2) is 78.3 Å². The van der Waals surface area contributed by atoms with Gasteiger partial charge >= 0.3 is 0 Å². The van der Waals surface area contributed by atoms with E-state index in [1.807, 2.05) is 30.3 Å². The minimum atomic E-state index is -0.510. The van der Waals surface area contributed by atoms with E-state index in [0.717, 1.165) is 5.69 Å². The second-order valence-electron chi connectivity index (χ2n) is 8.47. The molecule has 1 N–H and O–H groups in total. The minimum Gasteiger partial charge on any atom is -0.355 e. The first-order valence-corrected chi connectivity index (χ1v) is 11.3. The molecular weight excluding hydrogens is 438 g/mol. The van der Waals surface area contributed by atoms with Gasteiger partial charge in [-0.3, -0.25) is 29.4 Å². The Bertz CT molecular complexity index is 1070. The van der Waals surface area contributed by atoms with E-state index in [1.165, 1.54) is 18.2 Å². The number of benzene rings is 2. The number of amides is 3. The fourth-order valence-corrected chi connectivity index (χ4v) is 4.33. The van der Waals surface area contributed by atoms with Gasteiger partial charge in [0, 0.05) is 75.6 Å². The topological polar surface area (TPSA) is 116 Å². The van der Waals surface area contributed by atoms with E-state index in [2.05, 4.69) is 10.2 Å². The quantitative estimate of drug-likeness (QED) is 0.490. The number of hydrogen-bond donors (Lipinski definition) is 1. The summed E-state index contributed by atoms with van der Waals surface area (Å²) in [5.74, 6) is -0.746. The standard InChI is InChI=1S/C24H27N5O5/c30-22-16-19(17-28(22)20-6-2-1-3-7-20)23(31)25-9-10-26-11-13-27(14-12-26)24(32)18-5-4-8-21(15-18)29(33)34/h1-8,15,19H,9-14,16-17H2,(H,25,31). The van der Waals surface area contributed by atoms with E-state index < -0.39 is 4.92 Å². The van der Waals surface area contributed by atoms with Crippen molar-refractivity contribution in [2.24, 2.45) is 5.92 Å². The molecule has 2 aromatic rings. The van der Waals surface area contributed by atoms with Crippen molar-refractivity contribution in [1.29, 1.82) is 0 Å². The zero-order valence-corrected chi connectivity index (χ0v) is 18.8. The van der Waals surface area contributed by atoms with Gasteiger partial charge in [-0.2, -0.15) is 0 Å². The molecule has 2 saturated heterocycles. The molecule has 0 spiro atoms. The molecular formula is C24H27N5O5. The van der Waals surface area contributed by atoms with Crippen LogP contribution in [0.15, 0.2) is 54.6 Å². The number of non-ortho nitro benzene ring substituents is 1. The molecule has 2 fully saturated rings. The van der Waals surface area contributed by atoms with Crippen LogP contribution in [0.5, 0.6) is 0 Å². The van der Waals surface area contributed by atoms with E-state index in [4.69, 9.17) is 0 Å². The van der Waals surface area contributed by atoms with Crippen molar-refractivity contribution in [2.75, 3.05) is 50.7 Å². The third-order valence-corrected chi connectivity index (χ3v) is 6.25. The van der Waals surface area contributed by atoms with Crippen LogP contribution in [0.3, 0.4) is 0 Å². The van der Waals surface area contributed by atoms with Crippen molar-refractivity contribution in [3.63, 3.8) is 0 Å². The van der Waals surface area contributed by atoms with Gasteiger partial charge in [-0.05, 0) is 18.2 Å². The van der Waals surface area contributed by atoms with Crippen LogP contribution in [0.1, 0.15) is 16.8 Å². The number of anilines is 1. The van der Waals surface area contributed by atoms with Crippen molar-refractivity contribution < 1.29 is 19.3 Å². The van der Waals surface area contributed by atoms with Gasteiger partial charge in [0.05, 0.1) is 10.8 Å². The van der Waals surface area contributed by atoms with Crippen LogP contribution in [0.25, 0.3) is 0 Å². The predicted octanol–water partition coefficient (Wildman–Crippen LogP) is 1.52. The molecule has 2 aliphatic rings. The van der Waals surface area contributed by atoms with Crippen molar-refractivity contribution in [2.45, 2.75) is 6.42 Å². The smallest absolute Gasteiger partial charge is 0.270 e. The summed E-state index contributed by atoms with van der Waals surface area (Å²) in [6.07, 6.45) is 0.208. The lowest BCUT2D eigenvalue weighted by Crippen LogP contribution is -2.50. The van der Waals surface area contributed by atoms with Gasteiger partial charge in [-0.15, -0.1) is 0 Å². The molecule has 10 nitrogen and oxygen atoms in total. The second-order valence-corrected chi connectivity index (χ2v) is 8.47. The SMILES string of the molecule is O=C(NCCN1CCN(C(=O)c2cccc([N+](=O)[O-])c2)CC1)C1CC(=O)N(c2ccccc2)C1. The third-order valence-electron chi connectivity index (χ3n) is 6.25. The van der Waals surface area contributed by atoms with Crippen molar-refractivity contribution >= 4 is 29.1 Å². The molecule has 2 heterocycles. The molecule has 0 aliphatic carbocycles. The molecule has 178 valence electrons. The van der Waals surface area contributed by atoms with Crippen LogP contribution in [-0.2, 0) is 9.59 Å². The maximum absolute atomic E-state index is 12.7. The molecule has 0 saturated carbocycles. The molecule has 0 radical (unpaired) electrons. The molecule has 2 aliphatic heterocycles. The van der Waals surface area contributed by atoms with Crippen molar-refractivity contribution in [1.82, 2.24) is 15.1 Å². The maximum atomic E-state index is 12.7. The first-order chi connectivity index (χ1) is 16.4. The van der Waals surface area contributed by atoms with Crippen molar-refractivity contribution in [3.05, 3.63) is 70.3 Å². The first-order valence-electron chi connectivity index (χ1n) is 11.3. The van der Waals surface area contributed by atoms with E-state index in [-0.39, 0.29) is 35.7 Å². The summed E-state index contributed by atoms with van der Waals surface area (Å²) < 4.78 is 0. The maximum Gasteiger partial charge on any atom is 0.270 e. The number of carbonyl (C=O) groups is 3. The van der Waals surface area contributed by atoms with Crippen LogP contribution in [0.2, 0.25) is 0 Å². The Balaban J connectivity index is 1.19. The van der Waals surface area contributed by atoms with Gasteiger partial charge in [-0.1, -0.05) is 24.3 Å². The fourth-order valence-electron chi connectivity index (χ4n) is 4.33. The summed E-state index contributed by atoms with van der Waals surface area (Å²) in [6.45, 7) is 3.83. The zero-order chi connectivity index (χ0) is 24.1. The van der Waals surface area contributed by atoms with E-state index in [0.29, 0.717) is 51.4 Å². The van der Waals surface area contributed by atoms with Gasteiger partial charge in [0.15, 0.2) is 0 Å². The molecule has 10 heteroatoms. The molecule has 4 rings (SSSR count). The third kappa shape index (κ3) is 5.40. The van der Waals surface area contributed by atoms with E-state index >= 15 is 0 Å². The summed E-state index contributed by atoms with van der Waals surface area (Å²) in [6, 6.07) is 15.1. The number of nitro benzene ring substituents is 1. The number of nitrogens with one attached hydrogen (secondary N) is 1. The van der Waals surface area contributed by atoms with E-state index in [9.17, 15) is 24.5 Å². The fraction of sp³-hybridized carbons (Fsp3) is 0.375. The van der Waals surface area contributed by atoms with Gasteiger partial charge < -0.3 is 15.1 Å². The largest absolute Gasteiger partial charge is 0.355 e. The van der Waals surface area contributed by atoms with Gasteiger partial charge in [0.1, 0.15) is 0 Å². The molecule has 2 aromatic carbocycles. The normalized spacial score (nSPS) is 18.7. The Morgan fingerprint density at radius 3 is 2.47 bits per heavy atom. The molecule has 34 heavy (non-hydrogen) atoms. The first kappa shape index (κ1) is 23.4. The highest BCUT2D eigenvalue weighted by atomic mass is 16.6. The lowest BCUT2D eigenvalue weighted by molar-refractivity contribution is -0.384. The summed E-state index contributed by atoms with van der Waals surface area (Å²) in [5, 5.41) is 13.9. The van der Waals surface area contributed by atoms with Gasteiger partial charge in [0.25, 0.3) is 11.6 Å². The molecule has 0 aromatic heterocycles. The number of para-hydroxylation sites is 1. The number of carbonyl (C=O) groups excluding carboxylic acids is 3. The van der Waals surface area contributed by atoms with Crippen LogP contribution in [0, 0.1) is 16.0 Å². The molecule has 0 bridgehead atoms. The van der Waals surface area contributed by atoms with Crippen molar-refractivity contribution in [3.8, 4) is 0 Å². The molecule has 1 unspecified atom stereocenters. The van der Waals surface area contributed by atoms with E-state index in [1.54, 1.807) is 15.9 Å². The Labute approximate surface area is 197 Å². The second kappa shape index (κ2) is 10.4. The Kier molecular flexibility index (Phi) is 7.17. The minimum absolute atomic E-state index is 0.0455. The highest BCUT2D eigenvalue weighted by Crippen LogP contribution is 2.24. The summed E-state index contributed by atoms with van der Waals surface area (Å²) in [4.78, 5) is 53.5. The number of rotatable bonds is 7. The van der Waals surface area contributed by atoms with Gasteiger partial charge in [0.2, 0.25) is 11.8 Å². The summed E-state index contributed by atoms with van der Waals surface area (Å²) >= 11 is 0. The van der Waals surface area contributed by atoms with Gasteiger partial charge in [-0.25, -0.2) is 0 Å². The lowest BCUT2D eigenvalue weighted by atomic mass is 10.1. The number of piperazine rings is 1. The van der Waals surface area contributed by atoms with Crippen LogP contribution >= 0.6 is 0 Å². The predicted molar refractivity (Wildman–Crippen MR) is 125 cm³/mol. The number of nitrogens with zero attached hydrogens (tertiary/aromatic N) is 4. The molecule has 1 atom stereocenters. The van der Waals surface area contributed by atoms with Crippen LogP contribution in [0.4, 0.5) is 11.4 Å². The highest BCUT2D eigenvalue weighted by molar-refractivity contribution is 6.00. The van der Waals surface area contributed by atoms with Crippen LogP contribution < -0.4 is 10.2 Å². The Morgan fingerprint density at radius 2 is 1.76 bits per heavy atom. The number of nitro groups is 1. The monoisotopic (exact) mass is 465 g/mol. The average Bonchev–Trinajstić information content (AvgIpc) is 3.26. The Morgan fingerprint density at radius 1 is 1.03 bits per heavy atom. The average molecular weight is 466 g/mol.